The molecular formula is C17H26N2O. The van der Waals surface area contributed by atoms with Crippen LogP contribution in [0.5, 0.6) is 0 Å². The first-order chi connectivity index (χ1) is 9.83. The fraction of sp³-hybridized carbons (Fsp3) is 0.647. The molecule has 0 aromatic heterocycles. The highest BCUT2D eigenvalue weighted by atomic mass is 16.5. The number of rotatable bonds is 5. The van der Waals surface area contributed by atoms with Crippen molar-refractivity contribution in [3.8, 4) is 0 Å². The van der Waals surface area contributed by atoms with Gasteiger partial charge in [-0.15, -0.1) is 0 Å². The molecular weight excluding hydrogens is 248 g/mol. The third kappa shape index (κ3) is 3.40. The molecule has 1 aliphatic heterocycles. The van der Waals surface area contributed by atoms with Gasteiger partial charge in [0.05, 0.1) is 13.2 Å². The van der Waals surface area contributed by atoms with Crippen LogP contribution in [0.2, 0.25) is 0 Å². The van der Waals surface area contributed by atoms with E-state index in [4.69, 9.17) is 4.74 Å². The van der Waals surface area contributed by atoms with Gasteiger partial charge in [0.25, 0.3) is 0 Å². The minimum atomic E-state index is 0.578. The van der Waals surface area contributed by atoms with Crippen molar-refractivity contribution in [2.75, 3.05) is 39.4 Å². The molecule has 3 nitrogen and oxygen atoms in total. The van der Waals surface area contributed by atoms with E-state index in [0.717, 1.165) is 32.8 Å². The van der Waals surface area contributed by atoms with E-state index in [1.807, 2.05) is 0 Å². The molecule has 1 N–H and O–H groups in total. The molecule has 0 amide bonds. The molecule has 110 valence electrons. The Kier molecular flexibility index (Phi) is 4.71. The summed E-state index contributed by atoms with van der Waals surface area (Å²) in [4.78, 5) is 2.51. The second-order valence-corrected chi connectivity index (χ2v) is 6.06. The van der Waals surface area contributed by atoms with Crippen LogP contribution in [-0.4, -0.2) is 44.3 Å². The van der Waals surface area contributed by atoms with Crippen molar-refractivity contribution in [2.24, 2.45) is 0 Å². The van der Waals surface area contributed by atoms with Crippen molar-refractivity contribution in [2.45, 2.75) is 32.2 Å². The monoisotopic (exact) mass is 274 g/mol. The van der Waals surface area contributed by atoms with Crippen LogP contribution < -0.4 is 5.32 Å². The Balaban J connectivity index is 1.42. The molecule has 1 saturated heterocycles. The molecule has 1 aromatic rings. The lowest BCUT2D eigenvalue weighted by Crippen LogP contribution is -2.37. The van der Waals surface area contributed by atoms with Gasteiger partial charge in [-0.3, -0.25) is 4.90 Å². The van der Waals surface area contributed by atoms with Gasteiger partial charge in [0, 0.05) is 19.1 Å². The molecule has 2 aliphatic rings. The van der Waals surface area contributed by atoms with Crippen LogP contribution in [-0.2, 0) is 11.2 Å². The molecule has 0 spiro atoms. The first-order valence-electron chi connectivity index (χ1n) is 7.96. The molecule has 0 radical (unpaired) electrons. The SMILES string of the molecule is Cc1ccc2c(c1)C(NCCCN1CCOCC1)CC2. The van der Waals surface area contributed by atoms with Crippen molar-refractivity contribution in [3.63, 3.8) is 0 Å². The van der Waals surface area contributed by atoms with E-state index >= 15 is 0 Å². The van der Waals surface area contributed by atoms with Gasteiger partial charge in [-0.2, -0.15) is 0 Å². The quantitative estimate of drug-likeness (QED) is 0.834. The third-order valence-corrected chi connectivity index (χ3v) is 4.52. The maximum absolute atomic E-state index is 5.38. The molecule has 1 heterocycles. The molecule has 1 aliphatic carbocycles. The van der Waals surface area contributed by atoms with Crippen molar-refractivity contribution >= 4 is 0 Å². The lowest BCUT2D eigenvalue weighted by molar-refractivity contribution is 0.0374. The van der Waals surface area contributed by atoms with Crippen molar-refractivity contribution in [1.82, 2.24) is 10.2 Å². The van der Waals surface area contributed by atoms with Crippen LogP contribution in [0.3, 0.4) is 0 Å². The zero-order chi connectivity index (χ0) is 13.8. The summed E-state index contributed by atoms with van der Waals surface area (Å²) in [5.74, 6) is 0. The highest BCUT2D eigenvalue weighted by Crippen LogP contribution is 2.31. The van der Waals surface area contributed by atoms with Gasteiger partial charge in [-0.1, -0.05) is 23.8 Å². The second kappa shape index (κ2) is 6.70. The lowest BCUT2D eigenvalue weighted by atomic mass is 10.1. The van der Waals surface area contributed by atoms with E-state index in [1.165, 1.54) is 36.9 Å². The molecule has 0 bridgehead atoms. The molecule has 0 saturated carbocycles. The predicted octanol–water partition coefficient (Wildman–Crippen LogP) is 2.29. The van der Waals surface area contributed by atoms with Crippen LogP contribution in [0.4, 0.5) is 0 Å². The smallest absolute Gasteiger partial charge is 0.0594 e. The summed E-state index contributed by atoms with van der Waals surface area (Å²) >= 11 is 0. The van der Waals surface area contributed by atoms with E-state index in [-0.39, 0.29) is 0 Å². The van der Waals surface area contributed by atoms with E-state index < -0.39 is 0 Å². The number of nitrogens with one attached hydrogen (secondary N) is 1. The Morgan fingerprint density at radius 1 is 1.30 bits per heavy atom. The average Bonchev–Trinajstić information content (AvgIpc) is 2.87. The van der Waals surface area contributed by atoms with Crippen LogP contribution >= 0.6 is 0 Å². The fourth-order valence-corrected chi connectivity index (χ4v) is 3.34. The second-order valence-electron chi connectivity index (χ2n) is 6.06. The van der Waals surface area contributed by atoms with Gasteiger partial charge in [0.2, 0.25) is 0 Å². The first-order valence-corrected chi connectivity index (χ1v) is 7.96. The summed E-state index contributed by atoms with van der Waals surface area (Å²) in [6.45, 7) is 8.52. The molecule has 1 unspecified atom stereocenters. The summed E-state index contributed by atoms with van der Waals surface area (Å²) in [6, 6.07) is 7.48. The Hall–Kier alpha value is -0.900. The number of fused-ring (bicyclic) bond motifs is 1. The molecule has 1 fully saturated rings. The largest absolute Gasteiger partial charge is 0.379 e. The topological polar surface area (TPSA) is 24.5 Å². The van der Waals surface area contributed by atoms with E-state index in [1.54, 1.807) is 5.56 Å². The van der Waals surface area contributed by atoms with Gasteiger partial charge < -0.3 is 10.1 Å². The fourth-order valence-electron chi connectivity index (χ4n) is 3.34. The van der Waals surface area contributed by atoms with Crippen molar-refractivity contribution in [1.29, 1.82) is 0 Å². The molecule has 3 heteroatoms. The zero-order valence-corrected chi connectivity index (χ0v) is 12.5. The molecule has 20 heavy (non-hydrogen) atoms. The number of morpholine rings is 1. The maximum Gasteiger partial charge on any atom is 0.0594 e. The summed E-state index contributed by atoms with van der Waals surface area (Å²) < 4.78 is 5.38. The molecule has 3 rings (SSSR count). The number of benzene rings is 1. The molecule has 1 aromatic carbocycles. The summed E-state index contributed by atoms with van der Waals surface area (Å²) in [5.41, 5.74) is 4.46. The highest BCUT2D eigenvalue weighted by Gasteiger charge is 2.21. The Bertz CT molecular complexity index is 441. The third-order valence-electron chi connectivity index (χ3n) is 4.52. The van der Waals surface area contributed by atoms with Crippen LogP contribution in [0.15, 0.2) is 18.2 Å². The Morgan fingerprint density at radius 2 is 2.15 bits per heavy atom. The lowest BCUT2D eigenvalue weighted by Gasteiger charge is -2.26. The van der Waals surface area contributed by atoms with Crippen LogP contribution in [0.1, 0.15) is 35.6 Å². The van der Waals surface area contributed by atoms with Crippen molar-refractivity contribution < 1.29 is 4.74 Å². The van der Waals surface area contributed by atoms with Gasteiger partial charge in [0.15, 0.2) is 0 Å². The van der Waals surface area contributed by atoms with Gasteiger partial charge >= 0.3 is 0 Å². The summed E-state index contributed by atoms with van der Waals surface area (Å²) in [6.07, 6.45) is 3.73. The standard InChI is InChI=1S/C17H26N2O/c1-14-3-4-15-5-6-17(16(15)13-14)18-7-2-8-19-9-11-20-12-10-19/h3-4,13,17-18H,2,5-12H2,1H3. The van der Waals surface area contributed by atoms with Gasteiger partial charge in [-0.25, -0.2) is 0 Å². The number of hydrogen-bond donors (Lipinski definition) is 1. The normalized spacial score (nSPS) is 22.9. The average molecular weight is 274 g/mol. The summed E-state index contributed by atoms with van der Waals surface area (Å²) in [5, 5.41) is 3.75. The Morgan fingerprint density at radius 3 is 3.00 bits per heavy atom. The molecule has 1 atom stereocenters. The number of aryl methyl sites for hydroxylation is 2. The first kappa shape index (κ1) is 14.1. The van der Waals surface area contributed by atoms with E-state index in [2.05, 4.69) is 35.3 Å². The zero-order valence-electron chi connectivity index (χ0n) is 12.5. The minimum absolute atomic E-state index is 0.578. The number of hydrogen-bond acceptors (Lipinski definition) is 3. The highest BCUT2D eigenvalue weighted by molar-refractivity contribution is 5.37. The van der Waals surface area contributed by atoms with Crippen molar-refractivity contribution in [3.05, 3.63) is 34.9 Å². The van der Waals surface area contributed by atoms with Gasteiger partial charge in [-0.05, 0) is 50.4 Å². The number of ether oxygens (including phenoxy) is 1. The number of nitrogens with zero attached hydrogens (tertiary/aromatic N) is 1. The van der Waals surface area contributed by atoms with E-state index in [9.17, 15) is 0 Å². The maximum atomic E-state index is 5.38. The van der Waals surface area contributed by atoms with E-state index in [0.29, 0.717) is 6.04 Å². The summed E-state index contributed by atoms with van der Waals surface area (Å²) in [7, 11) is 0. The van der Waals surface area contributed by atoms with Gasteiger partial charge in [0.1, 0.15) is 0 Å². The van der Waals surface area contributed by atoms with Crippen LogP contribution in [0.25, 0.3) is 0 Å². The Labute approximate surface area is 122 Å². The predicted molar refractivity (Wildman–Crippen MR) is 82.1 cm³/mol. The minimum Gasteiger partial charge on any atom is -0.379 e. The van der Waals surface area contributed by atoms with Crippen LogP contribution in [0, 0.1) is 6.92 Å².